The maximum Gasteiger partial charge on any atom is 0.257 e. The first-order valence-corrected chi connectivity index (χ1v) is 5.94. The third-order valence-electron chi connectivity index (χ3n) is 3.27. The summed E-state index contributed by atoms with van der Waals surface area (Å²) in [6, 6.07) is 4.47. The minimum Gasteiger partial charge on any atom is -0.507 e. The molecule has 0 aliphatic rings. The lowest BCUT2D eigenvalue weighted by Gasteiger charge is -2.35. The van der Waals surface area contributed by atoms with Gasteiger partial charge in [0.1, 0.15) is 5.75 Å². The molecule has 17 heavy (non-hydrogen) atoms. The molecule has 1 aromatic rings. The van der Waals surface area contributed by atoms with E-state index in [1.54, 1.807) is 18.0 Å². The van der Waals surface area contributed by atoms with E-state index < -0.39 is 0 Å². The standard InChI is InChI=1S/C13H18ClNO2/c1-5-13(2,3)15(4)12(17)10-8-9(14)6-7-11(10)16/h6-8,16H,5H2,1-4H3. The summed E-state index contributed by atoms with van der Waals surface area (Å²) in [7, 11) is 1.73. The second-order valence-corrected chi connectivity index (χ2v) is 5.13. The second kappa shape index (κ2) is 4.96. The van der Waals surface area contributed by atoms with Gasteiger partial charge in [-0.2, -0.15) is 0 Å². The molecule has 0 unspecified atom stereocenters. The van der Waals surface area contributed by atoms with Crippen LogP contribution in [0.5, 0.6) is 5.75 Å². The Morgan fingerprint density at radius 3 is 2.59 bits per heavy atom. The fourth-order valence-corrected chi connectivity index (χ4v) is 1.54. The molecule has 0 aromatic heterocycles. The molecule has 0 saturated heterocycles. The van der Waals surface area contributed by atoms with Crippen LogP contribution < -0.4 is 0 Å². The van der Waals surface area contributed by atoms with Gasteiger partial charge in [0.25, 0.3) is 5.91 Å². The van der Waals surface area contributed by atoms with Crippen LogP contribution in [0.3, 0.4) is 0 Å². The van der Waals surface area contributed by atoms with E-state index in [-0.39, 0.29) is 22.8 Å². The van der Waals surface area contributed by atoms with Crippen LogP contribution in [0.2, 0.25) is 5.02 Å². The molecule has 0 heterocycles. The third-order valence-corrected chi connectivity index (χ3v) is 3.50. The Hall–Kier alpha value is -1.22. The molecule has 3 nitrogen and oxygen atoms in total. The first-order valence-electron chi connectivity index (χ1n) is 5.56. The highest BCUT2D eigenvalue weighted by Gasteiger charge is 2.27. The molecule has 4 heteroatoms. The van der Waals surface area contributed by atoms with Crippen LogP contribution in [0.25, 0.3) is 0 Å². The molecule has 0 saturated carbocycles. The highest BCUT2D eigenvalue weighted by Crippen LogP contribution is 2.26. The van der Waals surface area contributed by atoms with Gasteiger partial charge in [-0.1, -0.05) is 18.5 Å². The van der Waals surface area contributed by atoms with E-state index in [0.717, 1.165) is 6.42 Å². The smallest absolute Gasteiger partial charge is 0.257 e. The van der Waals surface area contributed by atoms with E-state index in [4.69, 9.17) is 11.6 Å². The minimum atomic E-state index is -0.258. The maximum absolute atomic E-state index is 12.2. The number of aromatic hydroxyl groups is 1. The van der Waals surface area contributed by atoms with Gasteiger partial charge >= 0.3 is 0 Å². The Labute approximate surface area is 107 Å². The molecule has 0 fully saturated rings. The summed E-state index contributed by atoms with van der Waals surface area (Å²) in [5.41, 5.74) is -0.0206. The van der Waals surface area contributed by atoms with Crippen LogP contribution in [0, 0.1) is 0 Å². The Kier molecular flexibility index (Phi) is 4.04. The number of hydrogen-bond donors (Lipinski definition) is 1. The van der Waals surface area contributed by atoms with Crippen LogP contribution in [0.1, 0.15) is 37.6 Å². The monoisotopic (exact) mass is 255 g/mol. The van der Waals surface area contributed by atoms with Gasteiger partial charge in [0.2, 0.25) is 0 Å². The molecule has 0 aliphatic carbocycles. The number of benzene rings is 1. The van der Waals surface area contributed by atoms with E-state index >= 15 is 0 Å². The molecule has 1 rings (SSSR count). The summed E-state index contributed by atoms with van der Waals surface area (Å²) >= 11 is 5.83. The van der Waals surface area contributed by atoms with Crippen molar-refractivity contribution in [1.82, 2.24) is 4.90 Å². The van der Waals surface area contributed by atoms with Crippen molar-refractivity contribution in [3.63, 3.8) is 0 Å². The number of nitrogens with zero attached hydrogens (tertiary/aromatic N) is 1. The van der Waals surface area contributed by atoms with E-state index in [0.29, 0.717) is 5.02 Å². The van der Waals surface area contributed by atoms with Crippen molar-refractivity contribution in [2.45, 2.75) is 32.7 Å². The largest absolute Gasteiger partial charge is 0.507 e. The number of phenolic OH excluding ortho intramolecular Hbond substituents is 1. The molecular formula is C13H18ClNO2. The third kappa shape index (κ3) is 2.91. The van der Waals surface area contributed by atoms with Crippen molar-refractivity contribution in [2.75, 3.05) is 7.05 Å². The molecule has 0 bridgehead atoms. The van der Waals surface area contributed by atoms with Crippen molar-refractivity contribution in [1.29, 1.82) is 0 Å². The van der Waals surface area contributed by atoms with Gasteiger partial charge in [-0.25, -0.2) is 0 Å². The average Bonchev–Trinajstić information content (AvgIpc) is 2.30. The zero-order valence-electron chi connectivity index (χ0n) is 10.6. The highest BCUT2D eigenvalue weighted by atomic mass is 35.5. The number of amides is 1. The number of phenols is 1. The van der Waals surface area contributed by atoms with E-state index in [1.165, 1.54) is 12.1 Å². The fraction of sp³-hybridized carbons (Fsp3) is 0.462. The van der Waals surface area contributed by atoms with E-state index in [2.05, 4.69) is 0 Å². The van der Waals surface area contributed by atoms with Gasteiger partial charge in [-0.3, -0.25) is 4.79 Å². The molecule has 94 valence electrons. The quantitative estimate of drug-likeness (QED) is 0.900. The van der Waals surface area contributed by atoms with Crippen molar-refractivity contribution < 1.29 is 9.90 Å². The Morgan fingerprint density at radius 2 is 2.06 bits per heavy atom. The van der Waals surface area contributed by atoms with Crippen LogP contribution >= 0.6 is 11.6 Å². The van der Waals surface area contributed by atoms with Crippen LogP contribution in [0.4, 0.5) is 0 Å². The zero-order chi connectivity index (χ0) is 13.2. The van der Waals surface area contributed by atoms with Gasteiger partial charge in [0, 0.05) is 17.6 Å². The number of carbonyl (C=O) groups is 1. The summed E-state index contributed by atoms with van der Waals surface area (Å²) in [5, 5.41) is 10.1. The molecule has 0 radical (unpaired) electrons. The summed E-state index contributed by atoms with van der Waals surface area (Å²) in [4.78, 5) is 13.9. The fourth-order valence-electron chi connectivity index (χ4n) is 1.37. The molecular weight excluding hydrogens is 238 g/mol. The highest BCUT2D eigenvalue weighted by molar-refractivity contribution is 6.31. The topological polar surface area (TPSA) is 40.5 Å². The van der Waals surface area contributed by atoms with Gasteiger partial charge < -0.3 is 10.0 Å². The molecule has 0 atom stereocenters. The Morgan fingerprint density at radius 1 is 1.47 bits per heavy atom. The average molecular weight is 256 g/mol. The van der Waals surface area contributed by atoms with Gasteiger partial charge in [-0.05, 0) is 38.5 Å². The number of halogens is 1. The lowest BCUT2D eigenvalue weighted by atomic mass is 9.98. The normalized spacial score (nSPS) is 11.4. The maximum atomic E-state index is 12.2. The molecule has 1 N–H and O–H groups in total. The van der Waals surface area contributed by atoms with Crippen molar-refractivity contribution >= 4 is 17.5 Å². The van der Waals surface area contributed by atoms with Crippen LogP contribution in [0.15, 0.2) is 18.2 Å². The first kappa shape index (κ1) is 13.8. The summed E-state index contributed by atoms with van der Waals surface area (Å²) in [6.07, 6.45) is 0.830. The Balaban J connectivity index is 3.08. The first-order chi connectivity index (χ1) is 7.79. The van der Waals surface area contributed by atoms with E-state index in [9.17, 15) is 9.90 Å². The number of carbonyl (C=O) groups excluding carboxylic acids is 1. The predicted molar refractivity (Wildman–Crippen MR) is 69.6 cm³/mol. The molecule has 1 amide bonds. The minimum absolute atomic E-state index is 0.0434. The van der Waals surface area contributed by atoms with Gasteiger partial charge in [0.05, 0.1) is 5.56 Å². The van der Waals surface area contributed by atoms with Crippen LogP contribution in [-0.4, -0.2) is 28.5 Å². The lowest BCUT2D eigenvalue weighted by molar-refractivity contribution is 0.0617. The SMILES string of the molecule is CCC(C)(C)N(C)C(=O)c1cc(Cl)ccc1O. The van der Waals surface area contributed by atoms with Gasteiger partial charge in [-0.15, -0.1) is 0 Å². The van der Waals surface area contributed by atoms with Gasteiger partial charge in [0.15, 0.2) is 0 Å². The summed E-state index contributed by atoms with van der Waals surface area (Å²) < 4.78 is 0. The lowest BCUT2D eigenvalue weighted by Crippen LogP contribution is -2.44. The Bertz CT molecular complexity index is 429. The van der Waals surface area contributed by atoms with Crippen LogP contribution in [-0.2, 0) is 0 Å². The summed E-state index contributed by atoms with van der Waals surface area (Å²) in [6.45, 7) is 5.97. The molecule has 1 aromatic carbocycles. The summed E-state index contributed by atoms with van der Waals surface area (Å²) in [5.74, 6) is -0.269. The number of hydrogen-bond acceptors (Lipinski definition) is 2. The van der Waals surface area contributed by atoms with E-state index in [1.807, 2.05) is 20.8 Å². The van der Waals surface area contributed by atoms with Crippen molar-refractivity contribution in [3.8, 4) is 5.75 Å². The predicted octanol–water partition coefficient (Wildman–Crippen LogP) is 3.31. The van der Waals surface area contributed by atoms with Crippen molar-refractivity contribution in [3.05, 3.63) is 28.8 Å². The number of rotatable bonds is 3. The molecule has 0 spiro atoms. The molecule has 0 aliphatic heterocycles. The van der Waals surface area contributed by atoms with Crippen molar-refractivity contribution in [2.24, 2.45) is 0 Å². The zero-order valence-corrected chi connectivity index (χ0v) is 11.4. The second-order valence-electron chi connectivity index (χ2n) is 4.69.